The van der Waals surface area contributed by atoms with Crippen LogP contribution >= 0.6 is 11.6 Å². The Morgan fingerprint density at radius 1 is 0.971 bits per heavy atom. The van der Waals surface area contributed by atoms with Gasteiger partial charge in [-0.05, 0) is 81.9 Å². The number of aromatic amines is 1. The number of hydrogen-bond donors (Lipinski definition) is 1. The van der Waals surface area contributed by atoms with Gasteiger partial charge in [-0.25, -0.2) is 9.97 Å². The molecule has 34 heavy (non-hydrogen) atoms. The van der Waals surface area contributed by atoms with Gasteiger partial charge in [-0.15, -0.1) is 0 Å². The van der Waals surface area contributed by atoms with Crippen molar-refractivity contribution >= 4 is 34.1 Å². The lowest BCUT2D eigenvalue weighted by atomic mass is 10.0. The van der Waals surface area contributed by atoms with E-state index in [4.69, 9.17) is 11.6 Å². The molecule has 2 aliphatic rings. The minimum absolute atomic E-state index is 0.754. The molecule has 8 heteroatoms. The van der Waals surface area contributed by atoms with Crippen LogP contribution in [0.4, 0.5) is 11.5 Å². The van der Waals surface area contributed by atoms with E-state index in [9.17, 15) is 0 Å². The van der Waals surface area contributed by atoms with Gasteiger partial charge in [-0.3, -0.25) is 5.10 Å². The number of aromatic nitrogens is 4. The lowest BCUT2D eigenvalue weighted by Crippen LogP contribution is -2.47. The molecule has 182 valence electrons. The van der Waals surface area contributed by atoms with Gasteiger partial charge in [-0.2, -0.15) is 5.10 Å². The Labute approximate surface area is 207 Å². The fourth-order valence-electron chi connectivity index (χ4n) is 5.54. The van der Waals surface area contributed by atoms with Gasteiger partial charge in [0.25, 0.3) is 0 Å². The van der Waals surface area contributed by atoms with Crippen LogP contribution in [0.2, 0.25) is 5.02 Å². The summed E-state index contributed by atoms with van der Waals surface area (Å²) >= 11 is 6.60. The number of piperidine rings is 1. The molecule has 0 saturated carbocycles. The molecule has 2 aliphatic heterocycles. The molecule has 7 nitrogen and oxygen atoms in total. The van der Waals surface area contributed by atoms with Crippen LogP contribution in [0.15, 0.2) is 18.5 Å². The molecule has 4 heterocycles. The lowest BCUT2D eigenvalue weighted by molar-refractivity contribution is 0.226. The van der Waals surface area contributed by atoms with Gasteiger partial charge in [0.1, 0.15) is 12.1 Å². The maximum Gasteiger partial charge on any atom is 0.186 e. The normalized spacial score (nSPS) is 17.6. The average molecular weight is 482 g/mol. The number of aryl methyl sites for hydroxylation is 2. The Morgan fingerprint density at radius 2 is 1.74 bits per heavy atom. The standard InChI is InChI=1S/C26H36ClN7/c1-3-22-24-25(31-30-22)28-18-29-26(24)34-14-12-33(13-15-34)23-17-21(27)16-20(19(23)2)8-7-11-32-9-5-4-6-10-32/h16-18H,3-15H2,1-2H3,(H,28,29,30,31). The fourth-order valence-corrected chi connectivity index (χ4v) is 5.77. The molecule has 2 saturated heterocycles. The summed E-state index contributed by atoms with van der Waals surface area (Å²) in [6, 6.07) is 4.32. The van der Waals surface area contributed by atoms with Crippen molar-refractivity contribution in [2.75, 3.05) is 55.6 Å². The highest BCUT2D eigenvalue weighted by atomic mass is 35.5. The zero-order valence-electron chi connectivity index (χ0n) is 20.5. The maximum atomic E-state index is 6.60. The Balaban J connectivity index is 1.26. The van der Waals surface area contributed by atoms with Crippen LogP contribution < -0.4 is 9.80 Å². The van der Waals surface area contributed by atoms with E-state index in [1.54, 1.807) is 6.33 Å². The number of piperazine rings is 1. The average Bonchev–Trinajstić information content (AvgIpc) is 3.30. The minimum atomic E-state index is 0.754. The van der Waals surface area contributed by atoms with Gasteiger partial charge in [-0.1, -0.05) is 24.9 Å². The third-order valence-corrected chi connectivity index (χ3v) is 7.72. The molecule has 0 radical (unpaired) electrons. The van der Waals surface area contributed by atoms with Crippen molar-refractivity contribution in [2.24, 2.45) is 0 Å². The van der Waals surface area contributed by atoms with E-state index in [-0.39, 0.29) is 0 Å². The van der Waals surface area contributed by atoms with Crippen molar-refractivity contribution in [1.29, 1.82) is 0 Å². The lowest BCUT2D eigenvalue weighted by Gasteiger charge is -2.38. The predicted molar refractivity (Wildman–Crippen MR) is 140 cm³/mol. The molecule has 0 spiro atoms. The number of halogens is 1. The molecule has 0 atom stereocenters. The first-order valence-electron chi connectivity index (χ1n) is 12.8. The van der Waals surface area contributed by atoms with Crippen LogP contribution in [-0.2, 0) is 12.8 Å². The highest BCUT2D eigenvalue weighted by molar-refractivity contribution is 6.31. The van der Waals surface area contributed by atoms with Crippen molar-refractivity contribution in [3.8, 4) is 0 Å². The number of nitrogens with one attached hydrogen (secondary N) is 1. The second kappa shape index (κ2) is 10.5. The fraction of sp³-hybridized carbons (Fsp3) is 0.577. The first-order chi connectivity index (χ1) is 16.6. The molecule has 0 amide bonds. The van der Waals surface area contributed by atoms with E-state index in [1.165, 1.54) is 62.1 Å². The largest absolute Gasteiger partial charge is 0.368 e. The highest BCUT2D eigenvalue weighted by Crippen LogP contribution is 2.31. The van der Waals surface area contributed by atoms with E-state index in [0.29, 0.717) is 0 Å². The number of nitrogens with zero attached hydrogens (tertiary/aromatic N) is 6. The van der Waals surface area contributed by atoms with Crippen molar-refractivity contribution in [3.05, 3.63) is 40.3 Å². The smallest absolute Gasteiger partial charge is 0.186 e. The number of fused-ring (bicyclic) bond motifs is 1. The van der Waals surface area contributed by atoms with Crippen LogP contribution in [0.3, 0.4) is 0 Å². The number of hydrogen-bond acceptors (Lipinski definition) is 6. The van der Waals surface area contributed by atoms with Crippen LogP contribution in [0.25, 0.3) is 11.0 Å². The monoisotopic (exact) mass is 481 g/mol. The molecule has 0 unspecified atom stereocenters. The first kappa shape index (κ1) is 23.4. The summed E-state index contributed by atoms with van der Waals surface area (Å²) in [4.78, 5) is 16.5. The molecule has 1 aromatic carbocycles. The second-order valence-corrected chi connectivity index (χ2v) is 10.1. The van der Waals surface area contributed by atoms with E-state index in [0.717, 1.165) is 66.6 Å². The Bertz CT molecular complexity index is 1110. The third kappa shape index (κ3) is 4.86. The molecule has 3 aromatic rings. The van der Waals surface area contributed by atoms with Crippen molar-refractivity contribution < 1.29 is 0 Å². The van der Waals surface area contributed by atoms with Crippen molar-refractivity contribution in [3.63, 3.8) is 0 Å². The Morgan fingerprint density at radius 3 is 2.50 bits per heavy atom. The summed E-state index contributed by atoms with van der Waals surface area (Å²) in [6.07, 6.45) is 8.91. The summed E-state index contributed by atoms with van der Waals surface area (Å²) in [6.45, 7) is 11.8. The van der Waals surface area contributed by atoms with Crippen molar-refractivity contribution in [2.45, 2.75) is 52.4 Å². The Kier molecular flexibility index (Phi) is 7.21. The van der Waals surface area contributed by atoms with Gasteiger partial charge in [0.2, 0.25) is 0 Å². The zero-order chi connectivity index (χ0) is 23.5. The Hall–Kier alpha value is -2.38. The number of rotatable bonds is 7. The molecular weight excluding hydrogens is 446 g/mol. The van der Waals surface area contributed by atoms with Gasteiger partial charge in [0.05, 0.1) is 5.39 Å². The number of benzene rings is 1. The van der Waals surface area contributed by atoms with Crippen LogP contribution in [0, 0.1) is 6.92 Å². The van der Waals surface area contributed by atoms with E-state index >= 15 is 0 Å². The molecule has 5 rings (SSSR count). The molecule has 1 N–H and O–H groups in total. The molecule has 0 bridgehead atoms. The summed E-state index contributed by atoms with van der Waals surface area (Å²) in [7, 11) is 0. The number of H-pyrrole nitrogens is 1. The maximum absolute atomic E-state index is 6.60. The molecule has 2 aromatic heterocycles. The molecule has 0 aliphatic carbocycles. The van der Waals surface area contributed by atoms with Crippen molar-refractivity contribution in [1.82, 2.24) is 25.1 Å². The van der Waals surface area contributed by atoms with Gasteiger partial charge < -0.3 is 14.7 Å². The van der Waals surface area contributed by atoms with Crippen LogP contribution in [-0.4, -0.2) is 70.9 Å². The SMILES string of the molecule is CCc1[nH]nc2ncnc(N3CCN(c4cc(Cl)cc(CCCN5CCCCC5)c4C)CC3)c12. The van der Waals surface area contributed by atoms with E-state index in [1.807, 2.05) is 0 Å². The summed E-state index contributed by atoms with van der Waals surface area (Å²) in [5.74, 6) is 0.997. The summed E-state index contributed by atoms with van der Waals surface area (Å²) < 4.78 is 0. The molecular formula is C26H36ClN7. The predicted octanol–water partition coefficient (Wildman–Crippen LogP) is 4.62. The summed E-state index contributed by atoms with van der Waals surface area (Å²) in [5, 5.41) is 9.40. The quantitative estimate of drug-likeness (QED) is 0.531. The summed E-state index contributed by atoms with van der Waals surface area (Å²) in [5.41, 5.74) is 5.91. The van der Waals surface area contributed by atoms with Crippen LogP contribution in [0.1, 0.15) is 49.4 Å². The third-order valence-electron chi connectivity index (χ3n) is 7.50. The minimum Gasteiger partial charge on any atom is -0.368 e. The van der Waals surface area contributed by atoms with Gasteiger partial charge in [0.15, 0.2) is 5.65 Å². The van der Waals surface area contributed by atoms with E-state index < -0.39 is 0 Å². The van der Waals surface area contributed by atoms with Gasteiger partial charge >= 0.3 is 0 Å². The highest BCUT2D eigenvalue weighted by Gasteiger charge is 2.24. The number of likely N-dealkylation sites (tertiary alicyclic amines) is 1. The van der Waals surface area contributed by atoms with E-state index in [2.05, 4.69) is 60.8 Å². The molecule has 2 fully saturated rings. The topological polar surface area (TPSA) is 64.2 Å². The number of anilines is 2. The first-order valence-corrected chi connectivity index (χ1v) is 13.2. The van der Waals surface area contributed by atoms with Gasteiger partial charge in [0, 0.05) is 42.6 Å². The second-order valence-electron chi connectivity index (χ2n) is 9.64. The zero-order valence-corrected chi connectivity index (χ0v) is 21.2. The van der Waals surface area contributed by atoms with Crippen LogP contribution in [0.5, 0.6) is 0 Å².